The number of amides is 2. The van der Waals surface area contributed by atoms with Gasteiger partial charge in [-0.15, -0.1) is 0 Å². The number of ether oxygens (including phenoxy) is 2. The summed E-state index contributed by atoms with van der Waals surface area (Å²) in [6, 6.07) is 12.5. The second-order valence-electron chi connectivity index (χ2n) is 9.64. The molecule has 0 heterocycles. The van der Waals surface area contributed by atoms with Crippen molar-refractivity contribution in [2.24, 2.45) is 0 Å². The zero-order valence-electron chi connectivity index (χ0n) is 21.9. The molecule has 1 unspecified atom stereocenters. The first-order chi connectivity index (χ1) is 17.6. The van der Waals surface area contributed by atoms with Crippen LogP contribution in [0, 0.1) is 6.92 Å². The number of carboxylic acids is 1. The maximum absolute atomic E-state index is 13.7. The normalized spacial score (nSPS) is 16.3. The lowest BCUT2D eigenvalue weighted by Crippen LogP contribution is -2.68. The highest BCUT2D eigenvalue weighted by Gasteiger charge is 2.62. The van der Waals surface area contributed by atoms with E-state index in [1.165, 1.54) is 5.56 Å². The molecular weight excluding hydrogens is 482 g/mol. The third-order valence-corrected chi connectivity index (χ3v) is 7.02. The van der Waals surface area contributed by atoms with Crippen molar-refractivity contribution < 1.29 is 33.0 Å². The Balaban J connectivity index is 1.87. The molecule has 0 spiro atoms. The number of nitrogens with zero attached hydrogens (tertiary/aromatic N) is 1. The van der Waals surface area contributed by atoms with Crippen molar-refractivity contribution in [3.8, 4) is 11.5 Å². The third kappa shape index (κ3) is 6.50. The van der Waals surface area contributed by atoms with Crippen molar-refractivity contribution >= 4 is 12.0 Å². The van der Waals surface area contributed by atoms with Gasteiger partial charge >= 0.3 is 12.0 Å². The van der Waals surface area contributed by atoms with Gasteiger partial charge in [0.25, 0.3) is 5.92 Å². The molecule has 202 valence electrons. The number of aliphatic carboxylic acids is 1. The Morgan fingerprint density at radius 1 is 1.08 bits per heavy atom. The van der Waals surface area contributed by atoms with E-state index in [-0.39, 0.29) is 0 Å². The average molecular weight is 519 g/mol. The highest BCUT2D eigenvalue weighted by molar-refractivity contribution is 5.88. The Morgan fingerprint density at radius 2 is 1.68 bits per heavy atom. The van der Waals surface area contributed by atoms with E-state index < -0.39 is 42.3 Å². The van der Waals surface area contributed by atoms with Crippen LogP contribution in [-0.4, -0.2) is 54.2 Å². The number of rotatable bonds is 12. The molecule has 1 aliphatic rings. The van der Waals surface area contributed by atoms with Gasteiger partial charge in [-0.3, -0.25) is 0 Å². The number of carbonyl (C=O) groups is 2. The molecule has 2 aromatic rings. The molecule has 0 bridgehead atoms. The van der Waals surface area contributed by atoms with Gasteiger partial charge in [0.2, 0.25) is 0 Å². The second kappa shape index (κ2) is 11.8. The summed E-state index contributed by atoms with van der Waals surface area (Å²) in [7, 11) is 3.10. The van der Waals surface area contributed by atoms with Gasteiger partial charge in [0, 0.05) is 24.9 Å². The van der Waals surface area contributed by atoms with E-state index >= 15 is 0 Å². The van der Waals surface area contributed by atoms with Crippen LogP contribution in [0.25, 0.3) is 0 Å². The highest BCUT2D eigenvalue weighted by Crippen LogP contribution is 2.46. The van der Waals surface area contributed by atoms with E-state index in [9.17, 15) is 23.5 Å². The minimum absolute atomic E-state index is 0.321. The number of halogens is 2. The molecule has 0 aromatic heterocycles. The van der Waals surface area contributed by atoms with Gasteiger partial charge in [-0.05, 0) is 55.9 Å². The van der Waals surface area contributed by atoms with Crippen LogP contribution in [0.15, 0.2) is 42.5 Å². The molecule has 1 atom stereocenters. The summed E-state index contributed by atoms with van der Waals surface area (Å²) >= 11 is 0. The van der Waals surface area contributed by atoms with Crippen LogP contribution in [0.2, 0.25) is 0 Å². The first-order valence-electron chi connectivity index (χ1n) is 12.5. The molecule has 1 saturated carbocycles. The number of carbonyl (C=O) groups excluding carboxylic acids is 1. The predicted octanol–water partition coefficient (Wildman–Crippen LogP) is 5.75. The Kier molecular flexibility index (Phi) is 8.99. The third-order valence-electron chi connectivity index (χ3n) is 7.02. The first-order valence-corrected chi connectivity index (χ1v) is 12.5. The smallest absolute Gasteiger partial charge is 0.329 e. The zero-order chi connectivity index (χ0) is 27.2. The lowest BCUT2D eigenvalue weighted by atomic mass is 9.73. The fraction of sp³-hybridized carbons (Fsp3) is 0.500. The Labute approximate surface area is 216 Å². The highest BCUT2D eigenvalue weighted by atomic mass is 19.3. The summed E-state index contributed by atoms with van der Waals surface area (Å²) in [6.45, 7) is 4.10. The monoisotopic (exact) mass is 518 g/mol. The van der Waals surface area contributed by atoms with Gasteiger partial charge in [-0.25, -0.2) is 18.4 Å². The molecule has 2 aromatic carbocycles. The Hall–Kier alpha value is -3.36. The fourth-order valence-corrected chi connectivity index (χ4v) is 4.99. The van der Waals surface area contributed by atoms with Crippen LogP contribution >= 0.6 is 0 Å². The average Bonchev–Trinajstić information content (AvgIpc) is 2.85. The molecule has 0 saturated heterocycles. The standard InChI is InChI=1S/C28H36F2N2O5/c1-5-22(21-15-23(36-3)19(2)24(16-21)37-4)32(14-10-9-13-20-11-7-6-8-12-20)26(35)31-27(25(33)34)17-28(29,30)18-27/h6-8,11-12,15-16,22H,5,9-10,13-14,17-18H2,1-4H3,(H,31,35)(H,33,34). The van der Waals surface area contributed by atoms with Crippen LogP contribution in [0.5, 0.6) is 11.5 Å². The summed E-state index contributed by atoms with van der Waals surface area (Å²) in [6.07, 6.45) is 0.933. The number of nitrogens with one attached hydrogen (secondary N) is 1. The minimum Gasteiger partial charge on any atom is -0.496 e. The first kappa shape index (κ1) is 28.2. The van der Waals surface area contributed by atoms with Crippen molar-refractivity contribution in [1.29, 1.82) is 0 Å². The molecule has 1 aliphatic carbocycles. The molecule has 0 radical (unpaired) electrons. The van der Waals surface area contributed by atoms with Gasteiger partial charge in [0.15, 0.2) is 5.54 Å². The van der Waals surface area contributed by atoms with E-state index in [4.69, 9.17) is 9.47 Å². The Morgan fingerprint density at radius 3 is 2.16 bits per heavy atom. The van der Waals surface area contributed by atoms with Crippen LogP contribution in [0.1, 0.15) is 61.8 Å². The maximum atomic E-state index is 13.7. The molecule has 7 nitrogen and oxygen atoms in total. The van der Waals surface area contributed by atoms with Crippen LogP contribution in [0.3, 0.4) is 0 Å². The van der Waals surface area contributed by atoms with E-state index in [0.29, 0.717) is 30.9 Å². The Bertz CT molecular complexity index is 1060. The number of hydrogen-bond acceptors (Lipinski definition) is 4. The SMILES string of the molecule is CCC(c1cc(OC)c(C)c(OC)c1)N(CCCCc1ccccc1)C(=O)NC1(C(=O)O)CC(F)(F)C1. The van der Waals surface area contributed by atoms with E-state index in [0.717, 1.165) is 24.0 Å². The lowest BCUT2D eigenvalue weighted by molar-refractivity contribution is -0.175. The number of benzene rings is 2. The number of unbranched alkanes of at least 4 members (excludes halogenated alkanes) is 1. The van der Waals surface area contributed by atoms with Crippen molar-refractivity contribution in [1.82, 2.24) is 10.2 Å². The maximum Gasteiger partial charge on any atom is 0.329 e. The van der Waals surface area contributed by atoms with E-state index in [1.807, 2.05) is 56.3 Å². The molecule has 9 heteroatoms. The van der Waals surface area contributed by atoms with Gasteiger partial charge in [-0.1, -0.05) is 37.3 Å². The number of carboxylic acid groups (broad SMARTS) is 1. The second-order valence-corrected chi connectivity index (χ2v) is 9.64. The summed E-state index contributed by atoms with van der Waals surface area (Å²) in [5.41, 5.74) is 0.761. The number of urea groups is 1. The van der Waals surface area contributed by atoms with Crippen molar-refractivity contribution in [3.63, 3.8) is 0 Å². The summed E-state index contributed by atoms with van der Waals surface area (Å²) < 4.78 is 38.4. The topological polar surface area (TPSA) is 88.1 Å². The van der Waals surface area contributed by atoms with E-state index in [2.05, 4.69) is 5.32 Å². The molecule has 1 fully saturated rings. The molecule has 0 aliphatic heterocycles. The minimum atomic E-state index is -3.12. The quantitative estimate of drug-likeness (QED) is 0.349. The summed E-state index contributed by atoms with van der Waals surface area (Å²) in [4.78, 5) is 27.0. The molecular formula is C28H36F2N2O5. The number of alkyl halides is 2. The summed E-state index contributed by atoms with van der Waals surface area (Å²) in [5.74, 6) is -3.38. The van der Waals surface area contributed by atoms with Crippen LogP contribution in [-0.2, 0) is 11.2 Å². The van der Waals surface area contributed by atoms with Gasteiger partial charge < -0.3 is 24.8 Å². The van der Waals surface area contributed by atoms with Crippen molar-refractivity contribution in [2.75, 3.05) is 20.8 Å². The van der Waals surface area contributed by atoms with Gasteiger partial charge in [-0.2, -0.15) is 0 Å². The molecule has 2 N–H and O–H groups in total. The predicted molar refractivity (Wildman–Crippen MR) is 136 cm³/mol. The molecule has 37 heavy (non-hydrogen) atoms. The van der Waals surface area contributed by atoms with Crippen LogP contribution in [0.4, 0.5) is 13.6 Å². The zero-order valence-corrected chi connectivity index (χ0v) is 21.9. The van der Waals surface area contributed by atoms with Crippen LogP contribution < -0.4 is 14.8 Å². The van der Waals surface area contributed by atoms with Gasteiger partial charge in [0.05, 0.1) is 20.3 Å². The van der Waals surface area contributed by atoms with Crippen molar-refractivity contribution in [2.45, 2.75) is 69.9 Å². The van der Waals surface area contributed by atoms with Crippen molar-refractivity contribution in [3.05, 3.63) is 59.2 Å². The molecule has 2 amide bonds. The van der Waals surface area contributed by atoms with E-state index in [1.54, 1.807) is 19.1 Å². The molecule has 3 rings (SSSR count). The summed E-state index contributed by atoms with van der Waals surface area (Å²) in [5, 5.41) is 12.1. The number of hydrogen-bond donors (Lipinski definition) is 2. The number of methoxy groups -OCH3 is 2. The largest absolute Gasteiger partial charge is 0.496 e. The van der Waals surface area contributed by atoms with Gasteiger partial charge in [0.1, 0.15) is 11.5 Å². The number of aryl methyl sites for hydroxylation is 1. The fourth-order valence-electron chi connectivity index (χ4n) is 4.99. The lowest BCUT2D eigenvalue weighted by Gasteiger charge is -2.45.